The summed E-state index contributed by atoms with van der Waals surface area (Å²) in [6.07, 6.45) is 1.71. The van der Waals surface area contributed by atoms with Gasteiger partial charge in [0.1, 0.15) is 0 Å². The maximum absolute atomic E-state index is 4.85. The number of hydrogen-bond donors (Lipinski definition) is 2. The molecule has 4 heteroatoms. The molecule has 0 aliphatic carbocycles. The summed E-state index contributed by atoms with van der Waals surface area (Å²) in [7, 11) is 0. The molecule has 1 rings (SSSR count). The van der Waals surface area contributed by atoms with Crippen LogP contribution in [-0.2, 0) is 0 Å². The van der Waals surface area contributed by atoms with Crippen LogP contribution in [0.2, 0.25) is 0 Å². The Balaban J connectivity index is 0. The monoisotopic (exact) mass is 174 g/mol. The van der Waals surface area contributed by atoms with Crippen LogP contribution in [0.5, 0.6) is 0 Å². The van der Waals surface area contributed by atoms with Gasteiger partial charge in [-0.1, -0.05) is 13.8 Å². The van der Waals surface area contributed by atoms with Crippen molar-refractivity contribution < 1.29 is 0 Å². The lowest BCUT2D eigenvalue weighted by atomic mass is 10.8. The van der Waals surface area contributed by atoms with Gasteiger partial charge in [0.05, 0.1) is 0 Å². The van der Waals surface area contributed by atoms with Crippen LogP contribution >= 0.6 is 11.3 Å². The third-order valence-electron chi connectivity index (χ3n) is 0.309. The molecular weight excluding hydrogens is 158 g/mol. The Hall–Kier alpha value is -0.450. The van der Waals surface area contributed by atoms with E-state index in [2.05, 4.69) is 10.5 Å². The molecule has 4 N–H and O–H groups in total. The highest BCUT2D eigenvalue weighted by molar-refractivity contribution is 7.06. The molecular formula is C7H16N3S. The van der Waals surface area contributed by atoms with E-state index in [0.29, 0.717) is 0 Å². The van der Waals surface area contributed by atoms with Crippen LogP contribution in [0, 0.1) is 5.51 Å². The van der Waals surface area contributed by atoms with Crippen LogP contribution in [-0.4, -0.2) is 18.1 Å². The van der Waals surface area contributed by atoms with E-state index in [1.54, 1.807) is 6.20 Å². The maximum atomic E-state index is 4.85. The minimum atomic E-state index is 0.750. The van der Waals surface area contributed by atoms with Crippen molar-refractivity contribution in [3.63, 3.8) is 0 Å². The average molecular weight is 174 g/mol. The molecule has 1 radical (unpaired) electrons. The van der Waals surface area contributed by atoms with Crippen molar-refractivity contribution in [2.24, 2.45) is 11.5 Å². The van der Waals surface area contributed by atoms with Crippen LogP contribution in [0.1, 0.15) is 13.8 Å². The summed E-state index contributed by atoms with van der Waals surface area (Å²) in [5.41, 5.74) is 12.3. The summed E-state index contributed by atoms with van der Waals surface area (Å²) >= 11 is 1.48. The Kier molecular flexibility index (Phi) is 19.5. The SMILES string of the molecule is CCN.CCN.[c]1nccs1. The molecule has 0 saturated heterocycles. The fourth-order valence-corrected chi connectivity index (χ4v) is 0.456. The van der Waals surface area contributed by atoms with Crippen molar-refractivity contribution in [3.05, 3.63) is 17.1 Å². The van der Waals surface area contributed by atoms with Gasteiger partial charge in [0.2, 0.25) is 0 Å². The molecule has 0 unspecified atom stereocenters. The van der Waals surface area contributed by atoms with E-state index in [0.717, 1.165) is 13.1 Å². The molecule has 0 atom stereocenters. The smallest absolute Gasteiger partial charge is 0.152 e. The summed E-state index contributed by atoms with van der Waals surface area (Å²) in [6.45, 7) is 5.31. The Morgan fingerprint density at radius 2 is 1.82 bits per heavy atom. The summed E-state index contributed by atoms with van der Waals surface area (Å²) in [6, 6.07) is 0. The number of rotatable bonds is 0. The van der Waals surface area contributed by atoms with Crippen molar-refractivity contribution in [2.75, 3.05) is 13.1 Å². The Morgan fingerprint density at radius 3 is 1.91 bits per heavy atom. The van der Waals surface area contributed by atoms with Crippen LogP contribution in [0.4, 0.5) is 0 Å². The van der Waals surface area contributed by atoms with Gasteiger partial charge in [-0.25, -0.2) is 4.98 Å². The quantitative estimate of drug-likeness (QED) is 0.613. The Bertz CT molecular complexity index is 89.2. The molecule has 1 heterocycles. The second kappa shape index (κ2) is 16.3. The predicted octanol–water partition coefficient (Wildman–Crippen LogP) is 0.873. The van der Waals surface area contributed by atoms with E-state index < -0.39 is 0 Å². The van der Waals surface area contributed by atoms with Gasteiger partial charge in [0, 0.05) is 11.6 Å². The molecule has 1 aromatic rings. The van der Waals surface area contributed by atoms with E-state index in [9.17, 15) is 0 Å². The average Bonchev–Trinajstić information content (AvgIpc) is 2.44. The fourth-order valence-electron chi connectivity index (χ4n) is 0.152. The second-order valence-electron chi connectivity index (χ2n) is 1.44. The van der Waals surface area contributed by atoms with E-state index in [1.165, 1.54) is 11.3 Å². The zero-order valence-electron chi connectivity index (χ0n) is 7.08. The first-order valence-corrected chi connectivity index (χ1v) is 4.37. The van der Waals surface area contributed by atoms with Gasteiger partial charge < -0.3 is 11.5 Å². The number of nitrogens with zero attached hydrogens (tertiary/aromatic N) is 1. The Morgan fingerprint density at radius 1 is 1.36 bits per heavy atom. The van der Waals surface area contributed by atoms with Crippen LogP contribution in [0.3, 0.4) is 0 Å². The van der Waals surface area contributed by atoms with Crippen LogP contribution in [0.15, 0.2) is 11.6 Å². The lowest BCUT2D eigenvalue weighted by Gasteiger charge is -1.53. The van der Waals surface area contributed by atoms with Gasteiger partial charge in [-0.3, -0.25) is 0 Å². The molecule has 0 aliphatic rings. The largest absolute Gasteiger partial charge is 0.331 e. The summed E-state index contributed by atoms with van der Waals surface area (Å²) in [4.78, 5) is 3.62. The van der Waals surface area contributed by atoms with Gasteiger partial charge in [0.25, 0.3) is 0 Å². The highest BCUT2D eigenvalue weighted by atomic mass is 32.1. The van der Waals surface area contributed by atoms with E-state index in [4.69, 9.17) is 11.5 Å². The third kappa shape index (κ3) is 26.3. The van der Waals surface area contributed by atoms with E-state index >= 15 is 0 Å². The molecule has 0 aromatic carbocycles. The molecule has 0 bridgehead atoms. The number of nitrogens with two attached hydrogens (primary N) is 2. The Labute approximate surface area is 72.4 Å². The van der Waals surface area contributed by atoms with Gasteiger partial charge in [-0.2, -0.15) is 0 Å². The zero-order chi connectivity index (χ0) is 8.95. The third-order valence-corrected chi connectivity index (χ3v) is 0.777. The van der Waals surface area contributed by atoms with Gasteiger partial charge in [-0.15, -0.1) is 11.3 Å². The van der Waals surface area contributed by atoms with Crippen LogP contribution in [0.25, 0.3) is 0 Å². The molecule has 0 saturated carbocycles. The predicted molar refractivity (Wildman–Crippen MR) is 50.4 cm³/mol. The normalized spacial score (nSPS) is 6.91. The van der Waals surface area contributed by atoms with Crippen molar-refractivity contribution in [3.8, 4) is 0 Å². The van der Waals surface area contributed by atoms with E-state index in [1.807, 2.05) is 19.2 Å². The van der Waals surface area contributed by atoms with Crippen LogP contribution < -0.4 is 11.5 Å². The molecule has 3 nitrogen and oxygen atoms in total. The van der Waals surface area contributed by atoms with Gasteiger partial charge >= 0.3 is 0 Å². The highest BCUT2D eigenvalue weighted by Gasteiger charge is 1.61. The molecule has 0 aliphatic heterocycles. The lowest BCUT2D eigenvalue weighted by Crippen LogP contribution is -1.87. The fraction of sp³-hybridized carbons (Fsp3) is 0.571. The maximum Gasteiger partial charge on any atom is 0.152 e. The molecule has 0 amide bonds. The molecule has 0 fully saturated rings. The van der Waals surface area contributed by atoms with Gasteiger partial charge in [0.15, 0.2) is 5.51 Å². The number of thiazole rings is 1. The van der Waals surface area contributed by atoms with Gasteiger partial charge in [-0.05, 0) is 13.1 Å². The first-order valence-electron chi connectivity index (χ1n) is 3.49. The first-order chi connectivity index (χ1) is 5.33. The van der Waals surface area contributed by atoms with Crippen molar-refractivity contribution >= 4 is 11.3 Å². The minimum absolute atomic E-state index is 0.750. The molecule has 0 spiro atoms. The highest BCUT2D eigenvalue weighted by Crippen LogP contribution is 1.84. The number of aromatic nitrogens is 1. The lowest BCUT2D eigenvalue weighted by molar-refractivity contribution is 1.14. The topological polar surface area (TPSA) is 64.9 Å². The summed E-state index contributed by atoms with van der Waals surface area (Å²) < 4.78 is 0. The standard InChI is InChI=1S/C3H2NS.2C2H7N/c1-2-5-3-4-1;2*1-2-3/h1-2H;2*2-3H2,1H3. The van der Waals surface area contributed by atoms with Crippen molar-refractivity contribution in [2.45, 2.75) is 13.8 Å². The number of hydrogen-bond acceptors (Lipinski definition) is 4. The van der Waals surface area contributed by atoms with Crippen molar-refractivity contribution in [1.29, 1.82) is 0 Å². The molecule has 65 valence electrons. The summed E-state index contributed by atoms with van der Waals surface area (Å²) in [5.74, 6) is 0. The first kappa shape index (κ1) is 13.2. The minimum Gasteiger partial charge on any atom is -0.331 e. The van der Waals surface area contributed by atoms with Crippen molar-refractivity contribution in [1.82, 2.24) is 4.98 Å². The second-order valence-corrected chi connectivity index (χ2v) is 2.13. The van der Waals surface area contributed by atoms with E-state index in [-0.39, 0.29) is 0 Å². The molecule has 11 heavy (non-hydrogen) atoms. The summed E-state index contributed by atoms with van der Waals surface area (Å²) in [5, 5.41) is 1.88. The zero-order valence-corrected chi connectivity index (χ0v) is 7.90. The molecule has 1 aromatic heterocycles.